The Hall–Kier alpha value is -3.14. The summed E-state index contributed by atoms with van der Waals surface area (Å²) in [5, 5.41) is 16.9. The van der Waals surface area contributed by atoms with Crippen LogP contribution < -0.4 is 0 Å². The van der Waals surface area contributed by atoms with Crippen LogP contribution in [0.5, 0.6) is 0 Å². The van der Waals surface area contributed by atoms with Gasteiger partial charge in [0.25, 0.3) is 0 Å². The number of nitrogens with one attached hydrogen (secondary N) is 1. The minimum absolute atomic E-state index is 0.457. The lowest BCUT2D eigenvalue weighted by Gasteiger charge is -2.14. The first kappa shape index (κ1) is 15.4. The second-order valence-corrected chi connectivity index (χ2v) is 6.10. The molecule has 0 radical (unpaired) electrons. The number of aromatic amines is 1. The number of hydrogen-bond acceptors (Lipinski definition) is 4. The zero-order valence-corrected chi connectivity index (χ0v) is 14.1. The van der Waals surface area contributed by atoms with E-state index in [-0.39, 0.29) is 0 Å². The first-order valence-electron chi connectivity index (χ1n) is 8.55. The molecule has 3 aromatic rings. The van der Waals surface area contributed by atoms with Gasteiger partial charge in [0, 0.05) is 30.7 Å². The number of aromatic nitrogens is 5. The number of aryl methyl sites for hydroxylation is 2. The average Bonchev–Trinajstić information content (AvgIpc) is 3.36. The lowest BCUT2D eigenvalue weighted by molar-refractivity contribution is 0.660. The number of H-pyrrole nitrogens is 1. The van der Waals surface area contributed by atoms with Crippen LogP contribution in [-0.2, 0) is 19.3 Å². The highest BCUT2D eigenvalue weighted by Gasteiger charge is 2.20. The van der Waals surface area contributed by atoms with Crippen LogP contribution >= 0.6 is 0 Å². The molecule has 3 heterocycles. The van der Waals surface area contributed by atoms with Crippen molar-refractivity contribution < 1.29 is 0 Å². The van der Waals surface area contributed by atoms with Crippen molar-refractivity contribution in [3.63, 3.8) is 0 Å². The molecule has 7 nitrogen and oxygen atoms in total. The molecule has 0 atom stereocenters. The molecule has 0 aliphatic heterocycles. The summed E-state index contributed by atoms with van der Waals surface area (Å²) in [5.74, 6) is 2.01. The number of fused-ring (bicyclic) bond motifs is 1. The number of nitrogens with zero attached hydrogens (tertiary/aromatic N) is 6. The predicted molar refractivity (Wildman–Crippen MR) is 94.4 cm³/mol. The molecule has 4 rings (SSSR count). The van der Waals surface area contributed by atoms with Crippen LogP contribution in [-0.4, -0.2) is 30.7 Å². The van der Waals surface area contributed by atoms with Gasteiger partial charge in [-0.2, -0.15) is 10.4 Å². The highest BCUT2D eigenvalue weighted by Crippen LogP contribution is 2.28. The van der Waals surface area contributed by atoms with Crippen molar-refractivity contribution in [2.24, 2.45) is 4.99 Å². The van der Waals surface area contributed by atoms with Gasteiger partial charge >= 0.3 is 0 Å². The standard InChI is InChI=1S/C18H19N7/c1-2-16-20-8-10-24(16)12-21-17-14(11-19)18(23-22-17)25-9-7-13-5-3-4-6-15(13)25/h7-10,12H,2-6H2,1H3,(H,22,23)/b21-12+. The maximum absolute atomic E-state index is 9.63. The van der Waals surface area contributed by atoms with Crippen molar-refractivity contribution >= 4 is 12.2 Å². The summed E-state index contributed by atoms with van der Waals surface area (Å²) in [6, 6.07) is 4.38. The first-order valence-corrected chi connectivity index (χ1v) is 8.55. The summed E-state index contributed by atoms with van der Waals surface area (Å²) in [4.78, 5) is 8.68. The van der Waals surface area contributed by atoms with Crippen LogP contribution in [0.2, 0.25) is 0 Å². The first-order chi connectivity index (χ1) is 12.3. The maximum Gasteiger partial charge on any atom is 0.179 e. The third-order valence-electron chi connectivity index (χ3n) is 4.64. The Morgan fingerprint density at radius 2 is 2.24 bits per heavy atom. The average molecular weight is 333 g/mol. The van der Waals surface area contributed by atoms with Gasteiger partial charge in [-0.3, -0.25) is 9.67 Å². The second-order valence-electron chi connectivity index (χ2n) is 6.10. The van der Waals surface area contributed by atoms with Crippen LogP contribution in [0, 0.1) is 11.3 Å². The Morgan fingerprint density at radius 3 is 3.08 bits per heavy atom. The lowest BCUT2D eigenvalue weighted by atomic mass is 9.98. The van der Waals surface area contributed by atoms with Gasteiger partial charge in [-0.25, -0.2) is 9.98 Å². The molecule has 25 heavy (non-hydrogen) atoms. The number of aliphatic imine (C=N–C) groups is 1. The quantitative estimate of drug-likeness (QED) is 0.588. The van der Waals surface area contributed by atoms with Crippen LogP contribution in [0.4, 0.5) is 5.82 Å². The van der Waals surface area contributed by atoms with Crippen molar-refractivity contribution in [3.05, 3.63) is 47.3 Å². The third kappa shape index (κ3) is 2.66. The Morgan fingerprint density at radius 1 is 1.36 bits per heavy atom. The van der Waals surface area contributed by atoms with Crippen LogP contribution in [0.1, 0.15) is 42.4 Å². The summed E-state index contributed by atoms with van der Waals surface area (Å²) in [7, 11) is 0. The summed E-state index contributed by atoms with van der Waals surface area (Å²) in [5.41, 5.74) is 3.07. The zero-order chi connectivity index (χ0) is 17.2. The monoisotopic (exact) mass is 333 g/mol. The largest absolute Gasteiger partial charge is 0.303 e. The molecule has 3 aromatic heterocycles. The smallest absolute Gasteiger partial charge is 0.179 e. The SMILES string of the molecule is CCc1nccn1/C=N/c1[nH]nc(-n2ccc3c2CCCC3)c1C#N. The van der Waals surface area contributed by atoms with E-state index < -0.39 is 0 Å². The Kier molecular flexibility index (Phi) is 3.94. The van der Waals surface area contributed by atoms with Gasteiger partial charge in [0.05, 0.1) is 0 Å². The summed E-state index contributed by atoms with van der Waals surface area (Å²) in [6.07, 6.45) is 12.6. The number of rotatable bonds is 4. The maximum atomic E-state index is 9.63. The second kappa shape index (κ2) is 6.40. The Labute approximate surface area is 145 Å². The molecule has 7 heteroatoms. The fourth-order valence-electron chi connectivity index (χ4n) is 3.36. The fraction of sp³-hybridized carbons (Fsp3) is 0.333. The van der Waals surface area contributed by atoms with Gasteiger partial charge in [-0.1, -0.05) is 6.92 Å². The molecule has 126 valence electrons. The van der Waals surface area contributed by atoms with Gasteiger partial charge < -0.3 is 4.57 Å². The molecule has 0 bridgehead atoms. The van der Waals surface area contributed by atoms with E-state index in [1.807, 2.05) is 28.5 Å². The summed E-state index contributed by atoms with van der Waals surface area (Å²) >= 11 is 0. The number of hydrogen-bond donors (Lipinski definition) is 1. The molecule has 0 unspecified atom stereocenters. The number of imidazole rings is 1. The van der Waals surface area contributed by atoms with Crippen molar-refractivity contribution in [2.75, 3.05) is 0 Å². The van der Waals surface area contributed by atoms with Crippen molar-refractivity contribution in [1.29, 1.82) is 5.26 Å². The molecule has 0 amide bonds. The van der Waals surface area contributed by atoms with Crippen molar-refractivity contribution in [2.45, 2.75) is 39.0 Å². The lowest BCUT2D eigenvalue weighted by Crippen LogP contribution is -2.07. The van der Waals surface area contributed by atoms with E-state index in [4.69, 9.17) is 0 Å². The molecule has 0 saturated carbocycles. The molecule has 0 spiro atoms. The molecular weight excluding hydrogens is 314 g/mol. The molecular formula is C18H19N7. The minimum atomic E-state index is 0.457. The Bertz CT molecular complexity index is 964. The van der Waals surface area contributed by atoms with E-state index in [9.17, 15) is 5.26 Å². The molecule has 1 aliphatic rings. The normalized spacial score (nSPS) is 13.9. The summed E-state index contributed by atoms with van der Waals surface area (Å²) < 4.78 is 3.87. The van der Waals surface area contributed by atoms with Gasteiger partial charge in [0.2, 0.25) is 0 Å². The highest BCUT2D eigenvalue weighted by atomic mass is 15.3. The molecule has 1 N–H and O–H groups in total. The van der Waals surface area contributed by atoms with Crippen LogP contribution in [0.3, 0.4) is 0 Å². The zero-order valence-electron chi connectivity index (χ0n) is 14.1. The fourth-order valence-corrected chi connectivity index (χ4v) is 3.36. The van der Waals surface area contributed by atoms with E-state index >= 15 is 0 Å². The van der Waals surface area contributed by atoms with E-state index in [0.717, 1.165) is 25.1 Å². The third-order valence-corrected chi connectivity index (χ3v) is 4.64. The van der Waals surface area contributed by atoms with Crippen LogP contribution in [0.15, 0.2) is 29.6 Å². The highest BCUT2D eigenvalue weighted by molar-refractivity contribution is 5.68. The molecule has 0 saturated heterocycles. The van der Waals surface area contributed by atoms with Gasteiger partial charge in [0.1, 0.15) is 23.8 Å². The van der Waals surface area contributed by atoms with Crippen LogP contribution in [0.25, 0.3) is 5.82 Å². The van der Waals surface area contributed by atoms with E-state index in [1.54, 1.807) is 12.5 Å². The van der Waals surface area contributed by atoms with Gasteiger partial charge in [0.15, 0.2) is 11.6 Å². The van der Waals surface area contributed by atoms with Crippen molar-refractivity contribution in [1.82, 2.24) is 24.3 Å². The molecule has 0 aromatic carbocycles. The summed E-state index contributed by atoms with van der Waals surface area (Å²) in [6.45, 7) is 2.04. The number of nitriles is 1. The van der Waals surface area contributed by atoms with Gasteiger partial charge in [-0.15, -0.1) is 0 Å². The minimum Gasteiger partial charge on any atom is -0.303 e. The van der Waals surface area contributed by atoms with E-state index in [1.165, 1.54) is 24.1 Å². The van der Waals surface area contributed by atoms with Gasteiger partial charge in [-0.05, 0) is 37.3 Å². The Balaban J connectivity index is 1.71. The van der Waals surface area contributed by atoms with E-state index in [2.05, 4.69) is 32.3 Å². The predicted octanol–water partition coefficient (Wildman–Crippen LogP) is 2.92. The van der Waals surface area contributed by atoms with E-state index in [0.29, 0.717) is 17.2 Å². The molecule has 1 aliphatic carbocycles. The molecule has 0 fully saturated rings. The van der Waals surface area contributed by atoms with Crippen molar-refractivity contribution in [3.8, 4) is 11.9 Å². The topological polar surface area (TPSA) is 87.6 Å².